The van der Waals surface area contributed by atoms with Gasteiger partial charge in [0.2, 0.25) is 0 Å². The molecule has 0 aliphatic carbocycles. The largest absolute Gasteiger partial charge is 0.333 e. The van der Waals surface area contributed by atoms with E-state index >= 15 is 0 Å². The number of rotatable bonds is 3. The fourth-order valence-electron chi connectivity index (χ4n) is 5.27. The quantitative estimate of drug-likeness (QED) is 0.700. The number of aromatic nitrogens is 1. The summed E-state index contributed by atoms with van der Waals surface area (Å²) in [6, 6.07) is 21.8. The van der Waals surface area contributed by atoms with Crippen LogP contribution in [0.3, 0.4) is 0 Å². The Balaban J connectivity index is 1.42. The molecule has 154 valence electrons. The van der Waals surface area contributed by atoms with Gasteiger partial charge in [0, 0.05) is 36.3 Å². The van der Waals surface area contributed by atoms with Crippen LogP contribution in [0.5, 0.6) is 0 Å². The molecule has 4 heteroatoms. The third-order valence-corrected chi connectivity index (χ3v) is 6.72. The molecule has 2 aliphatic heterocycles. The molecule has 2 fully saturated rings. The van der Waals surface area contributed by atoms with E-state index in [1.807, 2.05) is 24.3 Å². The van der Waals surface area contributed by atoms with Gasteiger partial charge in [-0.2, -0.15) is 0 Å². The lowest BCUT2D eigenvalue weighted by Crippen LogP contribution is -2.48. The van der Waals surface area contributed by atoms with Crippen molar-refractivity contribution >= 4 is 16.7 Å². The Labute approximate surface area is 178 Å². The Kier molecular flexibility index (Phi) is 5.50. The highest BCUT2D eigenvalue weighted by atomic mass is 16.2. The van der Waals surface area contributed by atoms with Crippen molar-refractivity contribution in [3.05, 3.63) is 78.1 Å². The minimum atomic E-state index is 0.0888. The summed E-state index contributed by atoms with van der Waals surface area (Å²) in [6.07, 6.45) is 8.42. The standard InChI is InChI=1S/C26H29N3O/c30-26(25-22-12-7-6-11-20(22)14-15-27-25)29-16-8-2-5-13-23-24(29)18-21(28-23)17-19-9-3-1-4-10-19/h1,3-4,6-7,9-12,14-15,21,23-24,28H,2,5,8,13,16-18H2/t21-,23-,24+/m1/s1. The van der Waals surface area contributed by atoms with Gasteiger partial charge in [-0.25, -0.2) is 0 Å². The normalized spacial score (nSPS) is 24.3. The highest BCUT2D eigenvalue weighted by Gasteiger charge is 2.40. The first kappa shape index (κ1) is 19.3. The molecule has 0 saturated carbocycles. The van der Waals surface area contributed by atoms with Crippen LogP contribution in [0.1, 0.15) is 48.2 Å². The second-order valence-corrected chi connectivity index (χ2v) is 8.69. The topological polar surface area (TPSA) is 45.2 Å². The zero-order valence-electron chi connectivity index (χ0n) is 17.3. The van der Waals surface area contributed by atoms with Gasteiger partial charge in [-0.05, 0) is 42.7 Å². The molecule has 2 aliphatic rings. The maximum Gasteiger partial charge on any atom is 0.273 e. The summed E-state index contributed by atoms with van der Waals surface area (Å²) in [5.41, 5.74) is 1.96. The van der Waals surface area contributed by atoms with Crippen molar-refractivity contribution < 1.29 is 4.79 Å². The Hall–Kier alpha value is -2.72. The van der Waals surface area contributed by atoms with Gasteiger partial charge in [0.1, 0.15) is 5.69 Å². The van der Waals surface area contributed by atoms with Crippen LogP contribution in [0.2, 0.25) is 0 Å². The molecule has 4 nitrogen and oxygen atoms in total. The van der Waals surface area contributed by atoms with E-state index in [9.17, 15) is 4.79 Å². The minimum Gasteiger partial charge on any atom is -0.333 e. The van der Waals surface area contributed by atoms with Gasteiger partial charge >= 0.3 is 0 Å². The van der Waals surface area contributed by atoms with E-state index in [2.05, 4.69) is 51.6 Å². The van der Waals surface area contributed by atoms with Gasteiger partial charge < -0.3 is 10.2 Å². The third-order valence-electron chi connectivity index (χ3n) is 6.72. The highest BCUT2D eigenvalue weighted by molar-refractivity contribution is 6.05. The molecule has 1 N–H and O–H groups in total. The summed E-state index contributed by atoms with van der Waals surface area (Å²) in [5, 5.41) is 5.90. The molecule has 0 unspecified atom stereocenters. The number of benzene rings is 2. The minimum absolute atomic E-state index is 0.0888. The zero-order valence-corrected chi connectivity index (χ0v) is 17.3. The Bertz CT molecular complexity index is 1010. The van der Waals surface area contributed by atoms with Crippen molar-refractivity contribution in [2.24, 2.45) is 0 Å². The first-order valence-electron chi connectivity index (χ1n) is 11.2. The molecule has 0 radical (unpaired) electrons. The van der Waals surface area contributed by atoms with Crippen molar-refractivity contribution in [2.75, 3.05) is 6.54 Å². The number of hydrogen-bond acceptors (Lipinski definition) is 3. The molecule has 2 saturated heterocycles. The molecular formula is C26H29N3O. The van der Waals surface area contributed by atoms with E-state index in [1.165, 1.54) is 18.4 Å². The summed E-state index contributed by atoms with van der Waals surface area (Å²) < 4.78 is 0. The SMILES string of the molecule is O=C(c1nccc2ccccc12)N1CCCCC[C@H]2N[C@H](Cc3ccccc3)C[C@@H]21. The third kappa shape index (κ3) is 3.84. The van der Waals surface area contributed by atoms with Crippen molar-refractivity contribution in [3.63, 3.8) is 0 Å². The molecule has 3 heterocycles. The maximum absolute atomic E-state index is 13.7. The fourth-order valence-corrected chi connectivity index (χ4v) is 5.27. The molecule has 2 aromatic carbocycles. The molecule has 0 spiro atoms. The van der Waals surface area contributed by atoms with E-state index in [4.69, 9.17) is 0 Å². The second kappa shape index (κ2) is 8.57. The average Bonchev–Trinajstić information content (AvgIpc) is 3.15. The van der Waals surface area contributed by atoms with E-state index in [0.29, 0.717) is 17.8 Å². The predicted molar refractivity (Wildman–Crippen MR) is 121 cm³/mol. The van der Waals surface area contributed by atoms with Gasteiger partial charge in [0.25, 0.3) is 5.91 Å². The number of hydrogen-bond donors (Lipinski definition) is 1. The van der Waals surface area contributed by atoms with Crippen molar-refractivity contribution in [3.8, 4) is 0 Å². The number of pyridine rings is 1. The molecule has 3 atom stereocenters. The van der Waals surface area contributed by atoms with E-state index in [1.54, 1.807) is 6.20 Å². The van der Waals surface area contributed by atoms with Crippen LogP contribution in [-0.2, 0) is 6.42 Å². The van der Waals surface area contributed by atoms with Crippen LogP contribution in [-0.4, -0.2) is 40.5 Å². The maximum atomic E-state index is 13.7. The number of nitrogens with zero attached hydrogens (tertiary/aromatic N) is 2. The number of amides is 1. The highest BCUT2D eigenvalue weighted by Crippen LogP contribution is 2.30. The zero-order chi connectivity index (χ0) is 20.3. The van der Waals surface area contributed by atoms with E-state index in [-0.39, 0.29) is 11.9 Å². The summed E-state index contributed by atoms with van der Waals surface area (Å²) >= 11 is 0. The lowest BCUT2D eigenvalue weighted by molar-refractivity contribution is 0.0635. The van der Waals surface area contributed by atoms with Gasteiger partial charge in [-0.3, -0.25) is 9.78 Å². The predicted octanol–water partition coefficient (Wildman–Crippen LogP) is 4.59. The molecular weight excluding hydrogens is 370 g/mol. The summed E-state index contributed by atoms with van der Waals surface area (Å²) in [5.74, 6) is 0.0888. The first-order chi connectivity index (χ1) is 14.8. The average molecular weight is 400 g/mol. The smallest absolute Gasteiger partial charge is 0.273 e. The van der Waals surface area contributed by atoms with E-state index < -0.39 is 0 Å². The molecule has 3 aromatic rings. The molecule has 0 bridgehead atoms. The summed E-state index contributed by atoms with van der Waals surface area (Å²) in [7, 11) is 0. The van der Waals surface area contributed by atoms with Crippen molar-refractivity contribution in [1.82, 2.24) is 15.2 Å². The summed E-state index contributed by atoms with van der Waals surface area (Å²) in [4.78, 5) is 20.4. The van der Waals surface area contributed by atoms with Crippen LogP contribution < -0.4 is 5.32 Å². The monoisotopic (exact) mass is 399 g/mol. The lowest BCUT2D eigenvalue weighted by Gasteiger charge is -2.34. The molecule has 1 amide bonds. The van der Waals surface area contributed by atoms with Crippen molar-refractivity contribution in [1.29, 1.82) is 0 Å². The number of carbonyl (C=O) groups excluding carboxylic acids is 1. The van der Waals surface area contributed by atoms with Crippen LogP contribution in [0.4, 0.5) is 0 Å². The molecule has 5 rings (SSSR count). The lowest BCUT2D eigenvalue weighted by atomic mass is 9.95. The number of nitrogens with one attached hydrogen (secondary N) is 1. The number of likely N-dealkylation sites (tertiary alicyclic amines) is 1. The van der Waals surface area contributed by atoms with Crippen LogP contribution >= 0.6 is 0 Å². The van der Waals surface area contributed by atoms with Gasteiger partial charge in [-0.15, -0.1) is 0 Å². The first-order valence-corrected chi connectivity index (χ1v) is 11.2. The molecule has 30 heavy (non-hydrogen) atoms. The van der Waals surface area contributed by atoms with Gasteiger partial charge in [0.05, 0.1) is 0 Å². The number of carbonyl (C=O) groups is 1. The Morgan fingerprint density at radius 2 is 1.83 bits per heavy atom. The van der Waals surface area contributed by atoms with Crippen LogP contribution in [0, 0.1) is 0 Å². The van der Waals surface area contributed by atoms with Crippen LogP contribution in [0.15, 0.2) is 66.9 Å². The second-order valence-electron chi connectivity index (χ2n) is 8.69. The van der Waals surface area contributed by atoms with Gasteiger partial charge in [-0.1, -0.05) is 67.4 Å². The number of fused-ring (bicyclic) bond motifs is 2. The Morgan fingerprint density at radius 3 is 2.73 bits per heavy atom. The van der Waals surface area contributed by atoms with Gasteiger partial charge in [0.15, 0.2) is 0 Å². The van der Waals surface area contributed by atoms with E-state index in [0.717, 1.165) is 43.0 Å². The van der Waals surface area contributed by atoms with Crippen LogP contribution in [0.25, 0.3) is 10.8 Å². The molecule has 1 aromatic heterocycles. The van der Waals surface area contributed by atoms with Crippen molar-refractivity contribution in [2.45, 2.75) is 56.7 Å². The fraction of sp³-hybridized carbons (Fsp3) is 0.385. The summed E-state index contributed by atoms with van der Waals surface area (Å²) in [6.45, 7) is 0.824. The Morgan fingerprint density at radius 1 is 1.00 bits per heavy atom.